The van der Waals surface area contributed by atoms with Gasteiger partial charge in [0.25, 0.3) is 0 Å². The lowest BCUT2D eigenvalue weighted by molar-refractivity contribution is 0.118. The van der Waals surface area contributed by atoms with E-state index >= 15 is 0 Å². The van der Waals surface area contributed by atoms with E-state index in [1.54, 1.807) is 0 Å². The lowest BCUT2D eigenvalue weighted by Crippen LogP contribution is -2.05. The summed E-state index contributed by atoms with van der Waals surface area (Å²) >= 11 is 0. The summed E-state index contributed by atoms with van der Waals surface area (Å²) in [6, 6.07) is 1.17. The van der Waals surface area contributed by atoms with E-state index in [4.69, 9.17) is 10.6 Å². The summed E-state index contributed by atoms with van der Waals surface area (Å²) in [6.45, 7) is 0.115. The highest BCUT2D eigenvalue weighted by atomic mass is 19.1. The predicted octanol–water partition coefficient (Wildman–Crippen LogP) is 1.29. The molecule has 1 aromatic rings. The molecule has 2 rings (SSSR count). The van der Waals surface area contributed by atoms with E-state index < -0.39 is 11.6 Å². The maximum Gasteiger partial charge on any atom is 0.138 e. The number of rotatable bonds is 2. The number of benzene rings is 1. The molecular formula is C9H9F2NO2. The first kappa shape index (κ1) is 9.36. The summed E-state index contributed by atoms with van der Waals surface area (Å²) in [4.78, 5) is 4.23. The fourth-order valence-corrected chi connectivity index (χ4v) is 1.52. The van der Waals surface area contributed by atoms with E-state index in [2.05, 4.69) is 4.84 Å². The fraction of sp³-hybridized carbons (Fsp3) is 0.333. The Morgan fingerprint density at radius 1 is 1.50 bits per heavy atom. The van der Waals surface area contributed by atoms with Crippen molar-refractivity contribution in [3.05, 3.63) is 28.8 Å². The van der Waals surface area contributed by atoms with Crippen LogP contribution in [0.5, 0.6) is 5.75 Å². The Balaban J connectivity index is 2.51. The van der Waals surface area contributed by atoms with Crippen LogP contribution in [0.15, 0.2) is 6.07 Å². The third-order valence-corrected chi connectivity index (χ3v) is 2.21. The quantitative estimate of drug-likeness (QED) is 0.733. The van der Waals surface area contributed by atoms with Gasteiger partial charge in [0.15, 0.2) is 0 Å². The van der Waals surface area contributed by atoms with Crippen LogP contribution in [-0.2, 0) is 17.9 Å². The van der Waals surface area contributed by atoms with Gasteiger partial charge in [0.05, 0.1) is 18.8 Å². The molecule has 76 valence electrons. The molecule has 1 aromatic carbocycles. The van der Waals surface area contributed by atoms with Gasteiger partial charge in [-0.25, -0.2) is 14.7 Å². The fourth-order valence-electron chi connectivity index (χ4n) is 1.52. The molecule has 0 saturated carbocycles. The Hall–Kier alpha value is -1.20. The number of hydrogen-bond donors (Lipinski definition) is 1. The van der Waals surface area contributed by atoms with Crippen molar-refractivity contribution in [3.8, 4) is 5.75 Å². The average molecular weight is 201 g/mol. The molecule has 14 heavy (non-hydrogen) atoms. The number of nitrogens with two attached hydrogens (primary N) is 1. The smallest absolute Gasteiger partial charge is 0.138 e. The summed E-state index contributed by atoms with van der Waals surface area (Å²) < 4.78 is 31.8. The largest absolute Gasteiger partial charge is 0.493 e. The molecule has 1 aliphatic rings. The summed E-state index contributed by atoms with van der Waals surface area (Å²) in [7, 11) is 0. The molecule has 0 aliphatic carbocycles. The van der Waals surface area contributed by atoms with E-state index in [0.717, 1.165) is 0 Å². The SMILES string of the molecule is NOCc1c(F)cc2c(c1F)CCO2. The van der Waals surface area contributed by atoms with Crippen molar-refractivity contribution in [2.45, 2.75) is 13.0 Å². The molecule has 2 N–H and O–H groups in total. The van der Waals surface area contributed by atoms with Crippen LogP contribution in [-0.4, -0.2) is 6.61 Å². The molecule has 0 unspecified atom stereocenters. The lowest BCUT2D eigenvalue weighted by Gasteiger charge is -2.07. The van der Waals surface area contributed by atoms with Crippen LogP contribution in [0.3, 0.4) is 0 Å². The predicted molar refractivity (Wildman–Crippen MR) is 44.5 cm³/mol. The maximum absolute atomic E-state index is 13.6. The van der Waals surface area contributed by atoms with Gasteiger partial charge in [-0.2, -0.15) is 0 Å². The Kier molecular flexibility index (Phi) is 2.35. The number of hydrogen-bond acceptors (Lipinski definition) is 3. The standard InChI is InChI=1S/C9H9F2NO2/c10-7-3-8-5(1-2-13-8)9(11)6(7)4-14-12/h3H,1-2,4,12H2. The van der Waals surface area contributed by atoms with Crippen LogP contribution >= 0.6 is 0 Å². The van der Waals surface area contributed by atoms with E-state index in [0.29, 0.717) is 18.6 Å². The molecule has 1 heterocycles. The monoisotopic (exact) mass is 201 g/mol. The normalized spacial score (nSPS) is 13.9. The number of ether oxygens (including phenoxy) is 1. The van der Waals surface area contributed by atoms with Crippen molar-refractivity contribution in [3.63, 3.8) is 0 Å². The molecule has 0 aromatic heterocycles. The minimum atomic E-state index is -0.686. The van der Waals surface area contributed by atoms with Crippen LogP contribution in [0, 0.1) is 11.6 Å². The molecule has 0 spiro atoms. The zero-order valence-electron chi connectivity index (χ0n) is 7.35. The van der Waals surface area contributed by atoms with E-state index in [1.807, 2.05) is 0 Å². The minimum Gasteiger partial charge on any atom is -0.493 e. The van der Waals surface area contributed by atoms with Crippen LogP contribution < -0.4 is 10.6 Å². The second kappa shape index (κ2) is 3.51. The molecule has 0 fully saturated rings. The zero-order chi connectivity index (χ0) is 10.1. The van der Waals surface area contributed by atoms with Crippen molar-refractivity contribution in [1.82, 2.24) is 0 Å². The van der Waals surface area contributed by atoms with Gasteiger partial charge in [-0.05, 0) is 0 Å². The van der Waals surface area contributed by atoms with Crippen molar-refractivity contribution >= 4 is 0 Å². The van der Waals surface area contributed by atoms with Gasteiger partial charge < -0.3 is 4.74 Å². The minimum absolute atomic E-state index is 0.142. The van der Waals surface area contributed by atoms with Crippen LogP contribution in [0.1, 0.15) is 11.1 Å². The second-order valence-electron chi connectivity index (χ2n) is 3.04. The van der Waals surface area contributed by atoms with Crippen LogP contribution in [0.25, 0.3) is 0 Å². The Morgan fingerprint density at radius 3 is 3.00 bits per heavy atom. The molecule has 0 saturated heterocycles. The molecule has 1 aliphatic heterocycles. The highest BCUT2D eigenvalue weighted by molar-refractivity contribution is 5.42. The Bertz CT molecular complexity index is 368. The van der Waals surface area contributed by atoms with Gasteiger partial charge in [-0.15, -0.1) is 0 Å². The second-order valence-corrected chi connectivity index (χ2v) is 3.04. The van der Waals surface area contributed by atoms with Crippen molar-refractivity contribution in [2.24, 2.45) is 5.90 Å². The molecule has 3 nitrogen and oxygen atoms in total. The topological polar surface area (TPSA) is 44.5 Å². The first-order chi connectivity index (χ1) is 6.74. The number of fused-ring (bicyclic) bond motifs is 1. The number of halogens is 2. The molecule has 0 amide bonds. The lowest BCUT2D eigenvalue weighted by atomic mass is 10.1. The van der Waals surface area contributed by atoms with Crippen molar-refractivity contribution in [1.29, 1.82) is 0 Å². The third kappa shape index (κ3) is 1.34. The maximum atomic E-state index is 13.6. The summed E-state index contributed by atoms with van der Waals surface area (Å²) in [5.74, 6) is 3.76. The highest BCUT2D eigenvalue weighted by Crippen LogP contribution is 2.31. The zero-order valence-corrected chi connectivity index (χ0v) is 7.35. The summed E-state index contributed by atoms with van der Waals surface area (Å²) in [6.07, 6.45) is 0.457. The first-order valence-corrected chi connectivity index (χ1v) is 4.18. The van der Waals surface area contributed by atoms with Gasteiger partial charge >= 0.3 is 0 Å². The Morgan fingerprint density at radius 2 is 2.29 bits per heavy atom. The highest BCUT2D eigenvalue weighted by Gasteiger charge is 2.22. The third-order valence-electron chi connectivity index (χ3n) is 2.21. The molecular weight excluding hydrogens is 192 g/mol. The van der Waals surface area contributed by atoms with Gasteiger partial charge in [0.2, 0.25) is 0 Å². The van der Waals surface area contributed by atoms with Gasteiger partial charge in [0, 0.05) is 18.1 Å². The van der Waals surface area contributed by atoms with E-state index in [1.165, 1.54) is 6.07 Å². The van der Waals surface area contributed by atoms with Crippen molar-refractivity contribution in [2.75, 3.05) is 6.61 Å². The average Bonchev–Trinajstić information content (AvgIpc) is 2.60. The summed E-state index contributed by atoms with van der Waals surface area (Å²) in [5.41, 5.74) is 0.259. The van der Waals surface area contributed by atoms with Gasteiger partial charge in [0.1, 0.15) is 17.4 Å². The molecule has 5 heteroatoms. The first-order valence-electron chi connectivity index (χ1n) is 4.18. The molecule has 0 bridgehead atoms. The van der Waals surface area contributed by atoms with Crippen molar-refractivity contribution < 1.29 is 18.4 Å². The van der Waals surface area contributed by atoms with Crippen LogP contribution in [0.2, 0.25) is 0 Å². The van der Waals surface area contributed by atoms with Gasteiger partial charge in [-0.1, -0.05) is 0 Å². The van der Waals surface area contributed by atoms with E-state index in [-0.39, 0.29) is 17.9 Å². The van der Waals surface area contributed by atoms with Crippen LogP contribution in [0.4, 0.5) is 8.78 Å². The molecule has 0 atom stereocenters. The Labute approximate surface area is 79.4 Å². The van der Waals surface area contributed by atoms with Gasteiger partial charge in [-0.3, -0.25) is 4.84 Å². The molecule has 0 radical (unpaired) electrons. The summed E-state index contributed by atoms with van der Waals surface area (Å²) in [5, 5.41) is 0. The van der Waals surface area contributed by atoms with E-state index in [9.17, 15) is 8.78 Å².